The molecular weight excluding hydrogens is 324 g/mol. The van der Waals surface area contributed by atoms with E-state index in [9.17, 15) is 4.79 Å². The van der Waals surface area contributed by atoms with Gasteiger partial charge in [0.05, 0.1) is 6.61 Å². The molecule has 1 saturated heterocycles. The summed E-state index contributed by atoms with van der Waals surface area (Å²) in [7, 11) is 0. The number of carbonyl (C=O) groups is 1. The van der Waals surface area contributed by atoms with Gasteiger partial charge < -0.3 is 15.0 Å². The van der Waals surface area contributed by atoms with Crippen LogP contribution in [0.5, 0.6) is 0 Å². The van der Waals surface area contributed by atoms with E-state index in [1.165, 1.54) is 37.1 Å². The lowest BCUT2D eigenvalue weighted by atomic mass is 9.97. The van der Waals surface area contributed by atoms with Crippen molar-refractivity contribution in [2.24, 2.45) is 0 Å². The zero-order valence-electron chi connectivity index (χ0n) is 15.1. The summed E-state index contributed by atoms with van der Waals surface area (Å²) < 4.78 is 5.76. The number of hydrogen-bond acceptors (Lipinski definition) is 3. The molecule has 136 valence electrons. The molecule has 1 fully saturated rings. The first-order valence-corrected chi connectivity index (χ1v) is 9.61. The van der Waals surface area contributed by atoms with Gasteiger partial charge in [-0.1, -0.05) is 36.4 Å². The number of benzene rings is 2. The summed E-state index contributed by atoms with van der Waals surface area (Å²) >= 11 is 0. The minimum atomic E-state index is -0.520. The van der Waals surface area contributed by atoms with E-state index in [0.29, 0.717) is 6.61 Å². The molecule has 0 radical (unpaired) electrons. The van der Waals surface area contributed by atoms with Crippen LogP contribution in [0, 0.1) is 0 Å². The van der Waals surface area contributed by atoms with Crippen molar-refractivity contribution in [2.45, 2.75) is 31.8 Å². The highest BCUT2D eigenvalue weighted by molar-refractivity contribution is 5.95. The first kappa shape index (κ1) is 17.3. The van der Waals surface area contributed by atoms with Crippen molar-refractivity contribution in [3.63, 3.8) is 0 Å². The van der Waals surface area contributed by atoms with Gasteiger partial charge in [0.15, 0.2) is 6.10 Å². The predicted molar refractivity (Wildman–Crippen MR) is 103 cm³/mol. The largest absolute Gasteiger partial charge is 0.363 e. The summed E-state index contributed by atoms with van der Waals surface area (Å²) in [5, 5.41) is 3.04. The predicted octanol–water partition coefficient (Wildman–Crippen LogP) is 3.58. The smallest absolute Gasteiger partial charge is 0.258 e. The summed E-state index contributed by atoms with van der Waals surface area (Å²) in [6.07, 6.45) is 4.00. The van der Waals surface area contributed by atoms with Crippen molar-refractivity contribution in [1.29, 1.82) is 0 Å². The second kappa shape index (κ2) is 8.02. The van der Waals surface area contributed by atoms with Gasteiger partial charge in [0.25, 0.3) is 5.91 Å². The van der Waals surface area contributed by atoms with E-state index >= 15 is 0 Å². The molecule has 4 rings (SSSR count). The lowest BCUT2D eigenvalue weighted by Crippen LogP contribution is -2.28. The molecule has 2 aromatic carbocycles. The zero-order valence-corrected chi connectivity index (χ0v) is 15.1. The monoisotopic (exact) mass is 350 g/mol. The third-order valence-corrected chi connectivity index (χ3v) is 5.34. The summed E-state index contributed by atoms with van der Waals surface area (Å²) in [5.74, 6) is -0.0890. The first-order chi connectivity index (χ1) is 12.8. The van der Waals surface area contributed by atoms with Crippen LogP contribution in [0.15, 0.2) is 48.5 Å². The number of nitrogens with one attached hydrogen (secondary N) is 1. The first-order valence-electron chi connectivity index (χ1n) is 9.61. The van der Waals surface area contributed by atoms with E-state index in [2.05, 4.69) is 28.4 Å². The molecule has 2 heterocycles. The van der Waals surface area contributed by atoms with Crippen LogP contribution in [0.4, 0.5) is 5.69 Å². The van der Waals surface area contributed by atoms with Gasteiger partial charge in [0.1, 0.15) is 0 Å². The third kappa shape index (κ3) is 3.97. The van der Waals surface area contributed by atoms with E-state index in [1.807, 2.05) is 30.3 Å². The van der Waals surface area contributed by atoms with Crippen molar-refractivity contribution >= 4 is 11.6 Å². The molecule has 4 nitrogen and oxygen atoms in total. The van der Waals surface area contributed by atoms with Gasteiger partial charge in [-0.3, -0.25) is 4.79 Å². The number of likely N-dealkylation sites (tertiary alicyclic amines) is 1. The Kier molecular flexibility index (Phi) is 5.32. The Labute approximate surface area is 155 Å². The second-order valence-electron chi connectivity index (χ2n) is 7.19. The highest BCUT2D eigenvalue weighted by Crippen LogP contribution is 2.28. The lowest BCUT2D eigenvalue weighted by molar-refractivity contribution is -0.128. The van der Waals surface area contributed by atoms with Gasteiger partial charge in [-0.25, -0.2) is 0 Å². The van der Waals surface area contributed by atoms with Crippen molar-refractivity contribution in [2.75, 3.05) is 31.6 Å². The highest BCUT2D eigenvalue weighted by Gasteiger charge is 2.27. The summed E-state index contributed by atoms with van der Waals surface area (Å²) in [4.78, 5) is 15.3. The maximum absolute atomic E-state index is 12.8. The van der Waals surface area contributed by atoms with Crippen molar-refractivity contribution in [3.05, 3.63) is 65.2 Å². The van der Waals surface area contributed by atoms with Crippen molar-refractivity contribution < 1.29 is 9.53 Å². The highest BCUT2D eigenvalue weighted by atomic mass is 16.5. The van der Waals surface area contributed by atoms with Crippen LogP contribution in [0.25, 0.3) is 0 Å². The Balaban J connectivity index is 1.41. The number of amides is 1. The molecule has 0 bridgehead atoms. The molecule has 0 aliphatic carbocycles. The van der Waals surface area contributed by atoms with Gasteiger partial charge in [-0.05, 0) is 67.6 Å². The van der Waals surface area contributed by atoms with E-state index < -0.39 is 6.10 Å². The molecule has 1 N–H and O–H groups in total. The second-order valence-corrected chi connectivity index (χ2v) is 7.19. The molecule has 2 aliphatic rings. The van der Waals surface area contributed by atoms with E-state index in [4.69, 9.17) is 4.74 Å². The Morgan fingerprint density at radius 1 is 1.12 bits per heavy atom. The fraction of sp³-hybridized carbons (Fsp3) is 0.409. The third-order valence-electron chi connectivity index (χ3n) is 5.34. The SMILES string of the molecule is O=C(Nc1cccc(CCN2CCCC2)c1)C1OCCc2ccccc21. The van der Waals surface area contributed by atoms with Crippen LogP contribution < -0.4 is 5.32 Å². The number of carbonyl (C=O) groups excluding carboxylic acids is 1. The minimum Gasteiger partial charge on any atom is -0.363 e. The zero-order chi connectivity index (χ0) is 17.8. The summed E-state index contributed by atoms with van der Waals surface area (Å²) in [5.41, 5.74) is 4.31. The fourth-order valence-corrected chi connectivity index (χ4v) is 3.92. The molecular formula is C22H26N2O2. The number of rotatable bonds is 5. The molecule has 4 heteroatoms. The topological polar surface area (TPSA) is 41.6 Å². The molecule has 0 saturated carbocycles. The van der Waals surface area contributed by atoms with Crippen molar-refractivity contribution in [3.8, 4) is 0 Å². The van der Waals surface area contributed by atoms with Crippen molar-refractivity contribution in [1.82, 2.24) is 4.90 Å². The van der Waals surface area contributed by atoms with Crippen LogP contribution in [0.2, 0.25) is 0 Å². The number of nitrogens with zero attached hydrogens (tertiary/aromatic N) is 1. The van der Waals surface area contributed by atoms with Gasteiger partial charge in [0.2, 0.25) is 0 Å². The van der Waals surface area contributed by atoms with Crippen LogP contribution >= 0.6 is 0 Å². The van der Waals surface area contributed by atoms with E-state index in [1.54, 1.807) is 0 Å². The maximum atomic E-state index is 12.8. The number of anilines is 1. The van der Waals surface area contributed by atoms with E-state index in [-0.39, 0.29) is 5.91 Å². The number of hydrogen-bond donors (Lipinski definition) is 1. The maximum Gasteiger partial charge on any atom is 0.258 e. The molecule has 2 aliphatic heterocycles. The Morgan fingerprint density at radius 2 is 1.96 bits per heavy atom. The minimum absolute atomic E-state index is 0.0890. The Morgan fingerprint density at radius 3 is 2.85 bits per heavy atom. The standard InChI is InChI=1S/C22H26N2O2/c25-22(21-20-9-2-1-7-18(20)11-15-26-21)23-19-8-5-6-17(16-19)10-14-24-12-3-4-13-24/h1-2,5-9,16,21H,3-4,10-15H2,(H,23,25). The molecule has 1 atom stereocenters. The molecule has 2 aromatic rings. The molecule has 0 spiro atoms. The lowest BCUT2D eigenvalue weighted by Gasteiger charge is -2.25. The quantitative estimate of drug-likeness (QED) is 0.896. The molecule has 26 heavy (non-hydrogen) atoms. The Bertz CT molecular complexity index is 768. The molecule has 0 aromatic heterocycles. The number of fused-ring (bicyclic) bond motifs is 1. The average Bonchev–Trinajstić information content (AvgIpc) is 3.20. The van der Waals surface area contributed by atoms with Gasteiger partial charge in [0, 0.05) is 12.2 Å². The van der Waals surface area contributed by atoms with Gasteiger partial charge in [-0.2, -0.15) is 0 Å². The summed E-state index contributed by atoms with van der Waals surface area (Å²) in [6, 6.07) is 16.2. The van der Waals surface area contributed by atoms with Crippen LogP contribution in [0.3, 0.4) is 0 Å². The normalized spacial score (nSPS) is 19.9. The average molecular weight is 350 g/mol. The molecule has 1 amide bonds. The van der Waals surface area contributed by atoms with Crippen LogP contribution in [0.1, 0.15) is 35.6 Å². The van der Waals surface area contributed by atoms with E-state index in [0.717, 1.165) is 30.6 Å². The summed E-state index contributed by atoms with van der Waals surface area (Å²) in [6.45, 7) is 4.12. The fourth-order valence-electron chi connectivity index (χ4n) is 3.92. The number of ether oxygens (including phenoxy) is 1. The van der Waals surface area contributed by atoms with Gasteiger partial charge in [-0.15, -0.1) is 0 Å². The van der Waals surface area contributed by atoms with Crippen LogP contribution in [-0.2, 0) is 22.4 Å². The molecule has 1 unspecified atom stereocenters. The Hall–Kier alpha value is -2.17. The van der Waals surface area contributed by atoms with Crippen LogP contribution in [-0.4, -0.2) is 37.0 Å². The van der Waals surface area contributed by atoms with Gasteiger partial charge >= 0.3 is 0 Å².